The summed E-state index contributed by atoms with van der Waals surface area (Å²) in [7, 11) is 0. The predicted octanol–water partition coefficient (Wildman–Crippen LogP) is 4.68. The molecule has 39 heavy (non-hydrogen) atoms. The minimum atomic E-state index is -0.772. The largest absolute Gasteiger partial charge is 0.490 e. The third kappa shape index (κ3) is 7.15. The molecule has 1 amide bonds. The zero-order chi connectivity index (χ0) is 27.4. The lowest BCUT2D eigenvalue weighted by Gasteiger charge is -2.43. The van der Waals surface area contributed by atoms with Crippen molar-refractivity contribution in [1.29, 1.82) is 0 Å². The van der Waals surface area contributed by atoms with Gasteiger partial charge in [0.2, 0.25) is 5.91 Å². The lowest BCUT2D eigenvalue weighted by molar-refractivity contribution is -0.158. The van der Waals surface area contributed by atoms with E-state index in [1.165, 1.54) is 37.7 Å². The second-order valence-electron chi connectivity index (χ2n) is 11.8. The molecule has 3 fully saturated rings. The first kappa shape index (κ1) is 28.4. The molecule has 8 nitrogen and oxygen atoms in total. The number of aliphatic hydroxyl groups is 1. The zero-order valence-corrected chi connectivity index (χ0v) is 24.2. The number of hydrogen-bond donors (Lipinski definition) is 1. The molecular weight excluding hydrogens is 516 g/mol. The Bertz CT molecular complexity index is 1100. The smallest absolute Gasteiger partial charge is 0.225 e. The molecule has 214 valence electrons. The Hall–Kier alpha value is -2.13. The molecule has 1 aromatic heterocycles. The molecule has 3 heterocycles. The van der Waals surface area contributed by atoms with Gasteiger partial charge in [-0.15, -0.1) is 0 Å². The fraction of sp³-hybridized carbons (Fsp3) is 0.667. The molecule has 1 aromatic carbocycles. The predicted molar refractivity (Wildman–Crippen MR) is 151 cm³/mol. The van der Waals surface area contributed by atoms with E-state index in [9.17, 15) is 9.90 Å². The minimum absolute atomic E-state index is 0.0564. The van der Waals surface area contributed by atoms with Crippen LogP contribution in [0.4, 0.5) is 0 Å². The molecule has 1 N–H and O–H groups in total. The van der Waals surface area contributed by atoms with E-state index in [4.69, 9.17) is 26.2 Å². The van der Waals surface area contributed by atoms with E-state index < -0.39 is 5.60 Å². The van der Waals surface area contributed by atoms with Crippen molar-refractivity contribution < 1.29 is 19.4 Å². The van der Waals surface area contributed by atoms with Gasteiger partial charge in [0.05, 0.1) is 31.4 Å². The highest BCUT2D eigenvalue weighted by Crippen LogP contribution is 2.31. The fourth-order valence-corrected chi connectivity index (χ4v) is 6.38. The summed E-state index contributed by atoms with van der Waals surface area (Å²) < 4.78 is 14.9. The topological polar surface area (TPSA) is 80.1 Å². The summed E-state index contributed by atoms with van der Waals surface area (Å²) in [5.41, 5.74) is 2.35. The number of benzene rings is 1. The summed E-state index contributed by atoms with van der Waals surface area (Å²) in [5, 5.41) is 15.4. The summed E-state index contributed by atoms with van der Waals surface area (Å²) in [6, 6.07) is 4.39. The van der Waals surface area contributed by atoms with Crippen LogP contribution < -0.4 is 4.74 Å². The van der Waals surface area contributed by atoms with Crippen LogP contribution in [0.2, 0.25) is 5.02 Å². The summed E-state index contributed by atoms with van der Waals surface area (Å²) in [4.78, 5) is 17.7. The van der Waals surface area contributed by atoms with Gasteiger partial charge in [0.1, 0.15) is 18.0 Å². The number of ether oxygens (including phenoxy) is 2. The van der Waals surface area contributed by atoms with Crippen molar-refractivity contribution in [2.24, 2.45) is 0 Å². The van der Waals surface area contributed by atoms with Crippen LogP contribution in [-0.2, 0) is 16.1 Å². The van der Waals surface area contributed by atoms with Crippen LogP contribution in [0.1, 0.15) is 74.1 Å². The highest BCUT2D eigenvalue weighted by atomic mass is 35.5. The van der Waals surface area contributed by atoms with Gasteiger partial charge in [-0.2, -0.15) is 5.10 Å². The van der Waals surface area contributed by atoms with Gasteiger partial charge in [0, 0.05) is 49.5 Å². The molecule has 2 saturated heterocycles. The second kappa shape index (κ2) is 12.6. The first-order valence-electron chi connectivity index (χ1n) is 14.5. The minimum Gasteiger partial charge on any atom is -0.490 e. The first-order chi connectivity index (χ1) is 18.8. The molecule has 0 spiro atoms. The molecule has 1 aliphatic carbocycles. The van der Waals surface area contributed by atoms with Crippen LogP contribution in [0.5, 0.6) is 5.75 Å². The summed E-state index contributed by atoms with van der Waals surface area (Å²) in [5.74, 6) is 0.790. The van der Waals surface area contributed by atoms with Crippen LogP contribution in [-0.4, -0.2) is 81.7 Å². The molecule has 1 atom stereocenters. The Balaban J connectivity index is 1.29. The lowest BCUT2D eigenvalue weighted by Crippen LogP contribution is -2.57. The van der Waals surface area contributed by atoms with Crippen molar-refractivity contribution in [3.05, 3.63) is 46.2 Å². The number of carbonyl (C=O) groups is 1. The van der Waals surface area contributed by atoms with E-state index in [0.29, 0.717) is 45.1 Å². The van der Waals surface area contributed by atoms with Crippen LogP contribution in [0, 0.1) is 13.8 Å². The van der Waals surface area contributed by atoms with Gasteiger partial charge in [-0.1, -0.05) is 30.9 Å². The number of morpholine rings is 1. The standard InChI is InChI=1S/C30H43ClN4O4/c1-22-14-27(15-23(2)29(22)31)38-21-30(16-28(37)34-10-8-26(36)9-11-34)20-33(12-13-39-30)18-24-17-32-35(19-24)25-6-4-3-5-7-25/h14-15,17,19,25-26,36H,3-13,16,18,20-21H2,1-2H3. The molecule has 9 heteroatoms. The van der Waals surface area contributed by atoms with Crippen LogP contribution >= 0.6 is 11.6 Å². The molecular formula is C30H43ClN4O4. The maximum Gasteiger partial charge on any atom is 0.225 e. The number of nitrogens with zero attached hydrogens (tertiary/aromatic N) is 4. The molecule has 1 saturated carbocycles. The Morgan fingerprint density at radius 2 is 1.85 bits per heavy atom. The van der Waals surface area contributed by atoms with E-state index in [1.54, 1.807) is 0 Å². The number of piperidine rings is 1. The van der Waals surface area contributed by atoms with Gasteiger partial charge in [0.25, 0.3) is 0 Å². The number of amides is 1. The average Bonchev–Trinajstić information content (AvgIpc) is 3.40. The average molecular weight is 559 g/mol. The number of carbonyl (C=O) groups excluding carboxylic acids is 1. The van der Waals surface area contributed by atoms with Crippen molar-refractivity contribution in [1.82, 2.24) is 19.6 Å². The Morgan fingerprint density at radius 3 is 2.56 bits per heavy atom. The third-order valence-corrected chi connectivity index (χ3v) is 9.14. The van der Waals surface area contributed by atoms with E-state index in [2.05, 4.69) is 15.8 Å². The van der Waals surface area contributed by atoms with Crippen molar-refractivity contribution >= 4 is 17.5 Å². The van der Waals surface area contributed by atoms with Gasteiger partial charge >= 0.3 is 0 Å². The number of rotatable bonds is 8. The number of hydrogen-bond acceptors (Lipinski definition) is 6. The monoisotopic (exact) mass is 558 g/mol. The quantitative estimate of drug-likeness (QED) is 0.507. The number of likely N-dealkylation sites (tertiary alicyclic amines) is 1. The SMILES string of the molecule is Cc1cc(OCC2(CC(=O)N3CCC(O)CC3)CN(Cc3cnn(C4CCCCC4)c3)CCO2)cc(C)c1Cl. The molecule has 2 aromatic rings. The van der Waals surface area contributed by atoms with Gasteiger partial charge in [-0.25, -0.2) is 0 Å². The van der Waals surface area contributed by atoms with E-state index in [1.807, 2.05) is 37.1 Å². The van der Waals surface area contributed by atoms with E-state index in [-0.39, 0.29) is 25.0 Å². The molecule has 0 bridgehead atoms. The molecule has 0 radical (unpaired) electrons. The van der Waals surface area contributed by atoms with Crippen molar-refractivity contribution in [2.75, 3.05) is 39.4 Å². The molecule has 1 unspecified atom stereocenters. The zero-order valence-electron chi connectivity index (χ0n) is 23.4. The molecule has 2 aliphatic heterocycles. The van der Waals surface area contributed by atoms with Crippen LogP contribution in [0.3, 0.4) is 0 Å². The maximum atomic E-state index is 13.4. The number of aromatic nitrogens is 2. The number of aliphatic hydroxyl groups excluding tert-OH is 1. The van der Waals surface area contributed by atoms with Gasteiger partial charge < -0.3 is 19.5 Å². The summed E-state index contributed by atoms with van der Waals surface area (Å²) >= 11 is 6.38. The maximum absolute atomic E-state index is 13.4. The van der Waals surface area contributed by atoms with Gasteiger partial charge in [-0.3, -0.25) is 14.4 Å². The van der Waals surface area contributed by atoms with Crippen molar-refractivity contribution in [3.63, 3.8) is 0 Å². The fourth-order valence-electron chi connectivity index (χ4n) is 6.27. The number of aryl methyl sites for hydroxylation is 2. The number of halogens is 1. The first-order valence-corrected chi connectivity index (χ1v) is 14.9. The van der Waals surface area contributed by atoms with Crippen molar-refractivity contribution in [2.45, 2.75) is 89.5 Å². The lowest BCUT2D eigenvalue weighted by atomic mass is 9.95. The summed E-state index contributed by atoms with van der Waals surface area (Å²) in [6.45, 7) is 8.05. The highest BCUT2D eigenvalue weighted by Gasteiger charge is 2.41. The van der Waals surface area contributed by atoms with Crippen LogP contribution in [0.15, 0.2) is 24.5 Å². The van der Waals surface area contributed by atoms with Gasteiger partial charge in [0.15, 0.2) is 0 Å². The van der Waals surface area contributed by atoms with Crippen LogP contribution in [0.25, 0.3) is 0 Å². The molecule has 5 rings (SSSR count). The van der Waals surface area contributed by atoms with Crippen molar-refractivity contribution in [3.8, 4) is 5.75 Å². The normalized spacial score (nSPS) is 23.7. The van der Waals surface area contributed by atoms with E-state index in [0.717, 1.165) is 35.0 Å². The molecule has 3 aliphatic rings. The van der Waals surface area contributed by atoms with Gasteiger partial charge in [-0.05, 0) is 62.8 Å². The Labute approximate surface area is 237 Å². The highest BCUT2D eigenvalue weighted by molar-refractivity contribution is 6.32. The Morgan fingerprint density at radius 1 is 1.13 bits per heavy atom. The Kier molecular flexibility index (Phi) is 9.16. The third-order valence-electron chi connectivity index (χ3n) is 8.54. The summed E-state index contributed by atoms with van der Waals surface area (Å²) in [6.07, 6.45) is 11.7. The second-order valence-corrected chi connectivity index (χ2v) is 12.2. The van der Waals surface area contributed by atoms with E-state index >= 15 is 0 Å².